The Bertz CT molecular complexity index is 519. The van der Waals surface area contributed by atoms with Crippen molar-refractivity contribution in [2.24, 2.45) is 5.73 Å². The van der Waals surface area contributed by atoms with E-state index in [0.29, 0.717) is 11.4 Å². The summed E-state index contributed by atoms with van der Waals surface area (Å²) in [5.74, 6) is 0.0303. The van der Waals surface area contributed by atoms with Crippen molar-refractivity contribution in [3.05, 3.63) is 16.8 Å². The van der Waals surface area contributed by atoms with Crippen molar-refractivity contribution in [2.75, 3.05) is 12.4 Å². The number of hydrogen-bond acceptors (Lipinski definition) is 6. The summed E-state index contributed by atoms with van der Waals surface area (Å²) in [4.78, 5) is 11.7. The number of anilines is 1. The van der Waals surface area contributed by atoms with E-state index in [4.69, 9.17) is 18.0 Å². The Labute approximate surface area is 124 Å². The summed E-state index contributed by atoms with van der Waals surface area (Å²) in [6.07, 6.45) is 1.49. The highest BCUT2D eigenvalue weighted by atomic mass is 32.1. The number of nitrogens with one attached hydrogen (secondary N) is 1. The molecule has 110 valence electrons. The minimum absolute atomic E-state index is 0.242. The maximum Gasteiger partial charge on any atom is 0.328 e. The number of carbonyl (C=O) groups excluding carboxylic acids is 1. The Morgan fingerprint density at radius 2 is 2.05 bits per heavy atom. The lowest BCUT2D eigenvalue weighted by molar-refractivity contribution is -0.141. The molecule has 20 heavy (non-hydrogen) atoms. The minimum atomic E-state index is -0.556. The zero-order valence-electron chi connectivity index (χ0n) is 12.2. The molecule has 1 aromatic heterocycles. The molecule has 1 heterocycles. The van der Waals surface area contributed by atoms with E-state index in [0.717, 1.165) is 24.1 Å². The zero-order chi connectivity index (χ0) is 15.3. The van der Waals surface area contributed by atoms with Gasteiger partial charge in [0.15, 0.2) is 5.82 Å². The smallest absolute Gasteiger partial charge is 0.328 e. The Morgan fingerprint density at radius 3 is 2.50 bits per heavy atom. The molecule has 0 saturated carbocycles. The Balaban J connectivity index is 3.26. The first-order chi connectivity index (χ1) is 9.46. The van der Waals surface area contributed by atoms with E-state index in [-0.39, 0.29) is 4.99 Å². The van der Waals surface area contributed by atoms with E-state index >= 15 is 0 Å². The van der Waals surface area contributed by atoms with Gasteiger partial charge in [0.05, 0.1) is 18.4 Å². The van der Waals surface area contributed by atoms with Gasteiger partial charge in [0.1, 0.15) is 11.0 Å². The van der Waals surface area contributed by atoms with E-state index in [1.54, 1.807) is 6.92 Å². The van der Waals surface area contributed by atoms with Crippen LogP contribution < -0.4 is 11.1 Å². The van der Waals surface area contributed by atoms with Gasteiger partial charge in [0.2, 0.25) is 0 Å². The zero-order valence-corrected chi connectivity index (χ0v) is 13.0. The van der Waals surface area contributed by atoms with Gasteiger partial charge >= 0.3 is 5.97 Å². The van der Waals surface area contributed by atoms with Crippen molar-refractivity contribution in [3.8, 4) is 0 Å². The number of rotatable bonds is 6. The highest BCUT2D eigenvalue weighted by molar-refractivity contribution is 7.80. The summed E-state index contributed by atoms with van der Waals surface area (Å²) in [6.45, 7) is 5.68. The van der Waals surface area contributed by atoms with Crippen LogP contribution in [0.3, 0.4) is 0 Å². The maximum absolute atomic E-state index is 11.5. The Kier molecular flexibility index (Phi) is 5.82. The van der Waals surface area contributed by atoms with E-state index < -0.39 is 12.0 Å². The maximum atomic E-state index is 11.5. The van der Waals surface area contributed by atoms with E-state index in [1.165, 1.54) is 7.11 Å². The molecule has 0 aromatic carbocycles. The van der Waals surface area contributed by atoms with Gasteiger partial charge in [-0.3, -0.25) is 0 Å². The van der Waals surface area contributed by atoms with Crippen molar-refractivity contribution in [2.45, 2.75) is 39.7 Å². The van der Waals surface area contributed by atoms with Crippen molar-refractivity contribution >= 4 is 29.0 Å². The lowest BCUT2D eigenvalue weighted by Crippen LogP contribution is -2.30. The molecule has 0 amide bonds. The highest BCUT2D eigenvalue weighted by Gasteiger charge is 2.20. The molecule has 0 spiro atoms. The number of methoxy groups -OCH3 is 1. The van der Waals surface area contributed by atoms with Crippen LogP contribution in [0, 0.1) is 0 Å². The number of esters is 1. The average Bonchev–Trinajstić information content (AvgIpc) is 2.44. The number of aromatic nitrogens is 2. The van der Waals surface area contributed by atoms with Crippen LogP contribution in [0.25, 0.3) is 0 Å². The molecule has 1 unspecified atom stereocenters. The number of hydrogen-bond donors (Lipinski definition) is 2. The molecule has 0 aliphatic carbocycles. The fourth-order valence-electron chi connectivity index (χ4n) is 1.98. The number of thiocarbonyl (C=S) groups is 1. The van der Waals surface area contributed by atoms with Crippen LogP contribution in [0.2, 0.25) is 0 Å². The second kappa shape index (κ2) is 7.14. The average molecular weight is 296 g/mol. The van der Waals surface area contributed by atoms with Gasteiger partial charge in [-0.15, -0.1) is 5.10 Å². The monoisotopic (exact) mass is 296 g/mol. The van der Waals surface area contributed by atoms with Gasteiger partial charge in [-0.05, 0) is 25.3 Å². The van der Waals surface area contributed by atoms with Crippen molar-refractivity contribution in [3.63, 3.8) is 0 Å². The SMILES string of the molecule is CCc1nnc(NC(C)C(=O)OC)c(C(N)=S)c1CC. The molecule has 0 bridgehead atoms. The summed E-state index contributed by atoms with van der Waals surface area (Å²) in [7, 11) is 1.33. The summed E-state index contributed by atoms with van der Waals surface area (Å²) in [5.41, 5.74) is 8.30. The van der Waals surface area contributed by atoms with Crippen molar-refractivity contribution < 1.29 is 9.53 Å². The van der Waals surface area contributed by atoms with Gasteiger partial charge in [0.25, 0.3) is 0 Å². The first kappa shape index (κ1) is 16.3. The van der Waals surface area contributed by atoms with Crippen LogP contribution in [0.5, 0.6) is 0 Å². The Morgan fingerprint density at radius 1 is 1.40 bits per heavy atom. The Hall–Kier alpha value is -1.76. The van der Waals surface area contributed by atoms with E-state index in [1.807, 2.05) is 13.8 Å². The molecule has 1 aromatic rings. The number of ether oxygens (including phenoxy) is 1. The standard InChI is InChI=1S/C13H20N4O2S/c1-5-8-9(6-2)16-17-12(10(8)11(14)20)15-7(3)13(18)19-4/h7H,5-6H2,1-4H3,(H2,14,20)(H,15,17). The molecule has 6 nitrogen and oxygen atoms in total. The van der Waals surface area contributed by atoms with Gasteiger partial charge in [-0.1, -0.05) is 26.1 Å². The number of nitrogens with zero attached hydrogens (tertiary/aromatic N) is 2. The van der Waals surface area contributed by atoms with Crippen LogP contribution in [-0.4, -0.2) is 34.3 Å². The molecule has 3 N–H and O–H groups in total. The highest BCUT2D eigenvalue weighted by Crippen LogP contribution is 2.21. The first-order valence-electron chi connectivity index (χ1n) is 6.48. The number of carbonyl (C=O) groups is 1. The third kappa shape index (κ3) is 3.41. The minimum Gasteiger partial charge on any atom is -0.467 e. The molecule has 0 aliphatic rings. The van der Waals surface area contributed by atoms with Crippen LogP contribution in [0.1, 0.15) is 37.6 Å². The van der Waals surface area contributed by atoms with E-state index in [9.17, 15) is 4.79 Å². The van der Waals surface area contributed by atoms with Gasteiger partial charge in [-0.25, -0.2) is 4.79 Å². The quantitative estimate of drug-likeness (QED) is 0.602. The molecule has 1 atom stereocenters. The second-order valence-electron chi connectivity index (χ2n) is 4.31. The summed E-state index contributed by atoms with van der Waals surface area (Å²) in [6, 6.07) is -0.556. The van der Waals surface area contributed by atoms with Crippen LogP contribution in [-0.2, 0) is 22.4 Å². The largest absolute Gasteiger partial charge is 0.467 e. The molecule has 0 fully saturated rings. The summed E-state index contributed by atoms with van der Waals surface area (Å²) >= 11 is 5.11. The molecule has 7 heteroatoms. The molecule has 0 radical (unpaired) electrons. The number of nitrogens with two attached hydrogens (primary N) is 1. The second-order valence-corrected chi connectivity index (χ2v) is 4.75. The molecule has 0 aliphatic heterocycles. The van der Waals surface area contributed by atoms with Gasteiger partial charge in [-0.2, -0.15) is 5.10 Å². The fourth-order valence-corrected chi connectivity index (χ4v) is 2.20. The van der Waals surface area contributed by atoms with Crippen LogP contribution in [0.15, 0.2) is 0 Å². The molecular weight excluding hydrogens is 276 g/mol. The lowest BCUT2D eigenvalue weighted by Gasteiger charge is -2.18. The van der Waals surface area contributed by atoms with Crippen LogP contribution >= 0.6 is 12.2 Å². The van der Waals surface area contributed by atoms with Gasteiger partial charge in [0, 0.05) is 0 Å². The lowest BCUT2D eigenvalue weighted by atomic mass is 10.0. The van der Waals surface area contributed by atoms with Crippen LogP contribution in [0.4, 0.5) is 5.82 Å². The van der Waals surface area contributed by atoms with Gasteiger partial charge < -0.3 is 15.8 Å². The van der Waals surface area contributed by atoms with E-state index in [2.05, 4.69) is 20.3 Å². The third-order valence-corrected chi connectivity index (χ3v) is 3.20. The topological polar surface area (TPSA) is 90.1 Å². The fraction of sp³-hybridized carbons (Fsp3) is 0.538. The predicted molar refractivity (Wildman–Crippen MR) is 81.8 cm³/mol. The van der Waals surface area contributed by atoms with Crippen molar-refractivity contribution in [1.29, 1.82) is 0 Å². The third-order valence-electron chi connectivity index (χ3n) is 3.00. The van der Waals surface area contributed by atoms with Crippen molar-refractivity contribution in [1.82, 2.24) is 10.2 Å². The number of aryl methyl sites for hydroxylation is 1. The predicted octanol–water partition coefficient (Wildman–Crippen LogP) is 1.21. The molecular formula is C13H20N4O2S. The molecule has 1 rings (SSSR count). The normalized spacial score (nSPS) is 11.8. The first-order valence-corrected chi connectivity index (χ1v) is 6.89. The molecule has 0 saturated heterocycles. The summed E-state index contributed by atoms with van der Waals surface area (Å²) in [5, 5.41) is 11.2. The summed E-state index contributed by atoms with van der Waals surface area (Å²) < 4.78 is 4.67.